The van der Waals surface area contributed by atoms with Crippen LogP contribution >= 0.6 is 11.3 Å². The first-order valence-electron chi connectivity index (χ1n) is 5.31. The summed E-state index contributed by atoms with van der Waals surface area (Å²) < 4.78 is 36.2. The second-order valence-electron chi connectivity index (χ2n) is 3.55. The molecule has 0 radical (unpaired) electrons. The van der Waals surface area contributed by atoms with Gasteiger partial charge in [-0.15, -0.1) is 11.3 Å². The van der Waals surface area contributed by atoms with Gasteiger partial charge in [-0.1, -0.05) is 12.1 Å². The molecule has 96 valence electrons. The monoisotopic (exact) mass is 284 g/mol. The highest BCUT2D eigenvalue weighted by Crippen LogP contribution is 2.32. The van der Waals surface area contributed by atoms with E-state index < -0.39 is 10.1 Å². The molecule has 0 aliphatic carbocycles. The quantitative estimate of drug-likeness (QED) is 0.876. The smallest absolute Gasteiger partial charge is 0.304 e. The normalized spacial score (nSPS) is 11.4. The zero-order valence-electron chi connectivity index (χ0n) is 9.66. The molecule has 4 nitrogen and oxygen atoms in total. The van der Waals surface area contributed by atoms with Crippen LogP contribution in [0.25, 0.3) is 10.4 Å². The van der Waals surface area contributed by atoms with Crippen molar-refractivity contribution in [3.8, 4) is 16.2 Å². The van der Waals surface area contributed by atoms with E-state index in [1.807, 2.05) is 31.2 Å². The van der Waals surface area contributed by atoms with E-state index in [9.17, 15) is 8.42 Å². The molecule has 1 aromatic heterocycles. The van der Waals surface area contributed by atoms with E-state index in [2.05, 4.69) is 0 Å². The van der Waals surface area contributed by atoms with Crippen molar-refractivity contribution in [2.24, 2.45) is 0 Å². The first kappa shape index (κ1) is 13.1. The highest BCUT2D eigenvalue weighted by molar-refractivity contribution is 7.88. The number of ether oxygens (including phenoxy) is 1. The highest BCUT2D eigenvalue weighted by Gasteiger charge is 2.13. The van der Waals surface area contributed by atoms with Crippen molar-refractivity contribution in [2.75, 3.05) is 6.61 Å². The Hall–Kier alpha value is -1.37. The molecular weight excluding hydrogens is 272 g/mol. The second-order valence-corrected chi connectivity index (χ2v) is 6.29. The summed E-state index contributed by atoms with van der Waals surface area (Å²) >= 11 is 1.03. The van der Waals surface area contributed by atoms with E-state index in [1.54, 1.807) is 6.07 Å². The van der Waals surface area contributed by atoms with Gasteiger partial charge in [0, 0.05) is 4.88 Å². The van der Waals surface area contributed by atoms with Gasteiger partial charge in [0.15, 0.2) is 0 Å². The summed E-state index contributed by atoms with van der Waals surface area (Å²) in [5.74, 6) is 0.733. The zero-order valence-corrected chi connectivity index (χ0v) is 11.3. The Bertz CT molecular complexity index is 644. The molecule has 6 heteroatoms. The minimum atomic E-state index is -4.12. The molecule has 0 aliphatic heterocycles. The molecule has 0 saturated carbocycles. The average Bonchev–Trinajstić information content (AvgIpc) is 2.78. The van der Waals surface area contributed by atoms with Gasteiger partial charge >= 0.3 is 10.1 Å². The summed E-state index contributed by atoms with van der Waals surface area (Å²) in [6, 6.07) is 10.4. The van der Waals surface area contributed by atoms with Gasteiger partial charge in [0.05, 0.1) is 6.61 Å². The average molecular weight is 284 g/mol. The van der Waals surface area contributed by atoms with Crippen LogP contribution in [0.2, 0.25) is 0 Å². The summed E-state index contributed by atoms with van der Waals surface area (Å²) in [6.45, 7) is 2.47. The lowest BCUT2D eigenvalue weighted by molar-refractivity contribution is 0.340. The number of hydrogen-bond acceptors (Lipinski definition) is 4. The van der Waals surface area contributed by atoms with Gasteiger partial charge in [0.25, 0.3) is 0 Å². The van der Waals surface area contributed by atoms with Crippen LogP contribution < -0.4 is 4.74 Å². The summed E-state index contributed by atoms with van der Waals surface area (Å²) in [5, 5.41) is 0. The lowest BCUT2D eigenvalue weighted by Crippen LogP contribution is -1.93. The molecule has 0 fully saturated rings. The fourth-order valence-corrected chi connectivity index (χ4v) is 3.18. The molecule has 1 heterocycles. The predicted molar refractivity (Wildman–Crippen MR) is 70.7 cm³/mol. The number of hydrogen-bond donors (Lipinski definition) is 1. The van der Waals surface area contributed by atoms with Crippen molar-refractivity contribution in [3.05, 3.63) is 36.4 Å². The second kappa shape index (κ2) is 5.09. The van der Waals surface area contributed by atoms with Crippen molar-refractivity contribution >= 4 is 21.5 Å². The summed E-state index contributed by atoms with van der Waals surface area (Å²) in [5.41, 5.74) is 0.862. The van der Waals surface area contributed by atoms with Gasteiger partial charge in [-0.05, 0) is 36.8 Å². The maximum Gasteiger partial charge on any atom is 0.304 e. The van der Waals surface area contributed by atoms with Gasteiger partial charge in [-0.3, -0.25) is 4.55 Å². The van der Waals surface area contributed by atoms with E-state index in [0.717, 1.165) is 27.5 Å². The Labute approximate surface area is 110 Å². The summed E-state index contributed by atoms with van der Waals surface area (Å²) in [7, 11) is -4.12. The molecule has 0 spiro atoms. The molecule has 1 N–H and O–H groups in total. The third-order valence-electron chi connectivity index (χ3n) is 2.27. The van der Waals surface area contributed by atoms with E-state index in [-0.39, 0.29) is 4.21 Å². The van der Waals surface area contributed by atoms with E-state index in [4.69, 9.17) is 9.29 Å². The third-order valence-corrected chi connectivity index (χ3v) is 4.72. The van der Waals surface area contributed by atoms with Crippen molar-refractivity contribution in [3.63, 3.8) is 0 Å². The number of rotatable bonds is 4. The molecule has 0 bridgehead atoms. The SMILES string of the molecule is CCOc1cccc(-c2ccc(S(=O)(=O)O)s2)c1. The minimum Gasteiger partial charge on any atom is -0.494 e. The molecule has 2 aromatic rings. The summed E-state index contributed by atoms with van der Waals surface area (Å²) in [6.07, 6.45) is 0. The van der Waals surface area contributed by atoms with Gasteiger partial charge in [-0.25, -0.2) is 0 Å². The molecule has 0 unspecified atom stereocenters. The van der Waals surface area contributed by atoms with Gasteiger partial charge < -0.3 is 4.74 Å². The number of benzene rings is 1. The van der Waals surface area contributed by atoms with Crippen LogP contribution in [0.5, 0.6) is 5.75 Å². The van der Waals surface area contributed by atoms with Crippen LogP contribution in [-0.2, 0) is 10.1 Å². The van der Waals surface area contributed by atoms with Crippen LogP contribution in [-0.4, -0.2) is 19.6 Å². The zero-order chi connectivity index (χ0) is 13.2. The summed E-state index contributed by atoms with van der Waals surface area (Å²) in [4.78, 5) is 0.768. The van der Waals surface area contributed by atoms with Crippen molar-refractivity contribution < 1.29 is 17.7 Å². The Morgan fingerprint density at radius 2 is 2.06 bits per heavy atom. The van der Waals surface area contributed by atoms with Gasteiger partial charge in [-0.2, -0.15) is 8.42 Å². The highest BCUT2D eigenvalue weighted by atomic mass is 32.3. The third kappa shape index (κ3) is 2.90. The van der Waals surface area contributed by atoms with Crippen LogP contribution in [0, 0.1) is 0 Å². The van der Waals surface area contributed by atoms with E-state index in [0.29, 0.717) is 6.61 Å². The molecular formula is C12H12O4S2. The van der Waals surface area contributed by atoms with Crippen molar-refractivity contribution in [1.82, 2.24) is 0 Å². The molecule has 0 amide bonds. The van der Waals surface area contributed by atoms with Crippen LogP contribution in [0.1, 0.15) is 6.92 Å². The Morgan fingerprint density at radius 3 is 2.67 bits per heavy atom. The maximum atomic E-state index is 11.0. The molecule has 2 rings (SSSR count). The van der Waals surface area contributed by atoms with Crippen molar-refractivity contribution in [1.29, 1.82) is 0 Å². The van der Waals surface area contributed by atoms with E-state index >= 15 is 0 Å². The van der Waals surface area contributed by atoms with E-state index in [1.165, 1.54) is 6.07 Å². The largest absolute Gasteiger partial charge is 0.494 e. The van der Waals surface area contributed by atoms with Crippen molar-refractivity contribution in [2.45, 2.75) is 11.1 Å². The van der Waals surface area contributed by atoms with Crippen LogP contribution in [0.4, 0.5) is 0 Å². The molecule has 0 saturated heterocycles. The molecule has 0 atom stereocenters. The first-order valence-corrected chi connectivity index (χ1v) is 7.57. The first-order chi connectivity index (χ1) is 8.50. The van der Waals surface area contributed by atoms with Crippen LogP contribution in [0.15, 0.2) is 40.6 Å². The molecule has 0 aliphatic rings. The Kier molecular flexibility index (Phi) is 3.70. The fraction of sp³-hybridized carbons (Fsp3) is 0.167. The van der Waals surface area contributed by atoms with Crippen LogP contribution in [0.3, 0.4) is 0 Å². The predicted octanol–water partition coefficient (Wildman–Crippen LogP) is 3.06. The fourth-order valence-electron chi connectivity index (χ4n) is 1.52. The molecule has 18 heavy (non-hydrogen) atoms. The van der Waals surface area contributed by atoms with Gasteiger partial charge in [0.1, 0.15) is 9.96 Å². The lowest BCUT2D eigenvalue weighted by Gasteiger charge is -2.04. The number of thiophene rings is 1. The lowest BCUT2D eigenvalue weighted by atomic mass is 10.2. The Morgan fingerprint density at radius 1 is 1.28 bits per heavy atom. The maximum absolute atomic E-state index is 11.0. The minimum absolute atomic E-state index is 0.0562. The Balaban J connectivity index is 2.37. The standard InChI is InChI=1S/C12H12O4S2/c1-2-16-10-5-3-4-9(8-10)11-6-7-12(17-11)18(13,14)15/h3-8H,2H2,1H3,(H,13,14,15). The van der Waals surface area contributed by atoms with Gasteiger partial charge in [0.2, 0.25) is 0 Å². The molecule has 1 aromatic carbocycles. The topological polar surface area (TPSA) is 63.6 Å².